The Hall–Kier alpha value is -0.870. The number of rotatable bonds is 6. The van der Waals surface area contributed by atoms with Crippen LogP contribution in [0.3, 0.4) is 0 Å². The maximum absolute atomic E-state index is 5.94. The van der Waals surface area contributed by atoms with Crippen LogP contribution < -0.4 is 5.73 Å². The summed E-state index contributed by atoms with van der Waals surface area (Å²) in [5, 5.41) is 4.78. The molecule has 0 saturated carbocycles. The first kappa shape index (κ1) is 15.5. The molecule has 114 valence electrons. The lowest BCUT2D eigenvalue weighted by atomic mass is 9.96. The third kappa shape index (κ3) is 3.41. The zero-order valence-electron chi connectivity index (χ0n) is 13.3. The fourth-order valence-electron chi connectivity index (χ4n) is 3.39. The van der Waals surface area contributed by atoms with E-state index in [9.17, 15) is 0 Å². The van der Waals surface area contributed by atoms with Gasteiger partial charge in [-0.2, -0.15) is 5.10 Å². The second-order valence-electron chi connectivity index (χ2n) is 6.10. The topological polar surface area (TPSA) is 47.1 Å². The average molecular weight is 278 g/mol. The van der Waals surface area contributed by atoms with Gasteiger partial charge in [-0.1, -0.05) is 20.3 Å². The van der Waals surface area contributed by atoms with Gasteiger partial charge in [-0.25, -0.2) is 0 Å². The van der Waals surface area contributed by atoms with Crippen molar-refractivity contribution in [2.45, 2.75) is 77.5 Å². The molecule has 1 aliphatic rings. The molecule has 2 heterocycles. The summed E-state index contributed by atoms with van der Waals surface area (Å²) in [4.78, 5) is 2.54. The summed E-state index contributed by atoms with van der Waals surface area (Å²) >= 11 is 0. The van der Waals surface area contributed by atoms with E-state index in [1.165, 1.54) is 25.0 Å². The first-order valence-electron chi connectivity index (χ1n) is 8.19. The van der Waals surface area contributed by atoms with Crippen LogP contribution >= 0.6 is 0 Å². The van der Waals surface area contributed by atoms with Gasteiger partial charge in [0.05, 0.1) is 11.7 Å². The molecular weight excluding hydrogens is 248 g/mol. The van der Waals surface area contributed by atoms with E-state index in [1.54, 1.807) is 0 Å². The molecule has 4 nitrogen and oxygen atoms in total. The molecule has 0 spiro atoms. The minimum absolute atomic E-state index is 0.525. The van der Waals surface area contributed by atoms with Crippen LogP contribution in [0.25, 0.3) is 0 Å². The number of aromatic nitrogens is 2. The molecule has 0 aliphatic carbocycles. The monoisotopic (exact) mass is 278 g/mol. The summed E-state index contributed by atoms with van der Waals surface area (Å²) in [6.07, 6.45) is 8.24. The van der Waals surface area contributed by atoms with Crippen molar-refractivity contribution >= 4 is 0 Å². The maximum atomic E-state index is 5.94. The van der Waals surface area contributed by atoms with E-state index in [2.05, 4.69) is 42.6 Å². The Labute approximate surface area is 123 Å². The number of likely N-dealkylation sites (tertiary alicyclic amines) is 1. The SMILES string of the molecule is CCC(CC)n1ccc(CN2C(C)CCCC2CN)n1. The number of piperidine rings is 1. The van der Waals surface area contributed by atoms with Crippen LogP contribution in [0.2, 0.25) is 0 Å². The van der Waals surface area contributed by atoms with Gasteiger partial charge in [0.1, 0.15) is 0 Å². The number of hydrogen-bond donors (Lipinski definition) is 1. The molecule has 1 aromatic heterocycles. The van der Waals surface area contributed by atoms with Crippen LogP contribution in [0.4, 0.5) is 0 Å². The van der Waals surface area contributed by atoms with E-state index < -0.39 is 0 Å². The summed E-state index contributed by atoms with van der Waals surface area (Å²) in [7, 11) is 0. The van der Waals surface area contributed by atoms with Crippen molar-refractivity contribution in [3.63, 3.8) is 0 Å². The van der Waals surface area contributed by atoms with E-state index in [0.717, 1.165) is 25.9 Å². The van der Waals surface area contributed by atoms with Crippen LogP contribution in [0.1, 0.15) is 64.6 Å². The van der Waals surface area contributed by atoms with Crippen LogP contribution in [0.5, 0.6) is 0 Å². The Morgan fingerprint density at radius 3 is 2.75 bits per heavy atom. The van der Waals surface area contributed by atoms with Crippen LogP contribution in [-0.4, -0.2) is 33.3 Å². The molecule has 0 radical (unpaired) electrons. The summed E-state index contributed by atoms with van der Waals surface area (Å²) < 4.78 is 2.14. The number of nitrogens with two attached hydrogens (primary N) is 1. The van der Waals surface area contributed by atoms with Crippen LogP contribution in [-0.2, 0) is 6.54 Å². The van der Waals surface area contributed by atoms with Crippen molar-refractivity contribution in [1.82, 2.24) is 14.7 Å². The van der Waals surface area contributed by atoms with Crippen molar-refractivity contribution in [1.29, 1.82) is 0 Å². The molecule has 0 bridgehead atoms. The Morgan fingerprint density at radius 1 is 1.35 bits per heavy atom. The van der Waals surface area contributed by atoms with Gasteiger partial charge < -0.3 is 5.73 Å². The van der Waals surface area contributed by atoms with Gasteiger partial charge in [0.2, 0.25) is 0 Å². The van der Waals surface area contributed by atoms with Gasteiger partial charge in [0.15, 0.2) is 0 Å². The number of nitrogens with zero attached hydrogens (tertiary/aromatic N) is 3. The first-order chi connectivity index (χ1) is 9.69. The highest BCUT2D eigenvalue weighted by Gasteiger charge is 2.27. The smallest absolute Gasteiger partial charge is 0.0765 e. The van der Waals surface area contributed by atoms with E-state index in [4.69, 9.17) is 10.8 Å². The van der Waals surface area contributed by atoms with Gasteiger partial charge in [-0.05, 0) is 38.7 Å². The fourth-order valence-corrected chi connectivity index (χ4v) is 3.39. The molecule has 1 aromatic rings. The van der Waals surface area contributed by atoms with E-state index in [1.807, 2.05) is 0 Å². The molecule has 0 amide bonds. The van der Waals surface area contributed by atoms with Crippen molar-refractivity contribution in [2.75, 3.05) is 6.54 Å². The van der Waals surface area contributed by atoms with E-state index >= 15 is 0 Å². The third-order valence-electron chi connectivity index (χ3n) is 4.79. The fraction of sp³-hybridized carbons (Fsp3) is 0.812. The Kier molecular flexibility index (Phi) is 5.61. The highest BCUT2D eigenvalue weighted by molar-refractivity contribution is 5.01. The molecular formula is C16H30N4. The van der Waals surface area contributed by atoms with Crippen molar-refractivity contribution < 1.29 is 0 Å². The minimum atomic E-state index is 0.525. The Morgan fingerprint density at radius 2 is 2.10 bits per heavy atom. The van der Waals surface area contributed by atoms with Gasteiger partial charge in [0, 0.05) is 31.4 Å². The normalized spacial score (nSPS) is 24.4. The molecule has 2 N–H and O–H groups in total. The highest BCUT2D eigenvalue weighted by atomic mass is 15.3. The quantitative estimate of drug-likeness (QED) is 0.870. The van der Waals surface area contributed by atoms with Gasteiger partial charge in [-0.3, -0.25) is 9.58 Å². The lowest BCUT2D eigenvalue weighted by molar-refractivity contribution is 0.0874. The summed E-state index contributed by atoms with van der Waals surface area (Å²) in [5.74, 6) is 0. The highest BCUT2D eigenvalue weighted by Crippen LogP contribution is 2.24. The van der Waals surface area contributed by atoms with Gasteiger partial charge in [-0.15, -0.1) is 0 Å². The van der Waals surface area contributed by atoms with Crippen molar-refractivity contribution in [2.24, 2.45) is 5.73 Å². The summed E-state index contributed by atoms with van der Waals surface area (Å²) in [5.41, 5.74) is 7.12. The third-order valence-corrected chi connectivity index (χ3v) is 4.79. The largest absolute Gasteiger partial charge is 0.329 e. The van der Waals surface area contributed by atoms with Gasteiger partial charge >= 0.3 is 0 Å². The average Bonchev–Trinajstić information content (AvgIpc) is 2.91. The molecule has 0 aromatic carbocycles. The second kappa shape index (κ2) is 7.23. The lowest BCUT2D eigenvalue weighted by Crippen LogP contribution is -2.48. The van der Waals surface area contributed by atoms with Crippen LogP contribution in [0, 0.1) is 0 Å². The molecule has 2 unspecified atom stereocenters. The molecule has 1 saturated heterocycles. The summed E-state index contributed by atoms with van der Waals surface area (Å²) in [6.45, 7) is 8.48. The standard InChI is InChI=1S/C16H30N4/c1-4-15(5-2)20-10-9-14(18-20)12-19-13(3)7-6-8-16(19)11-17/h9-10,13,15-16H,4-8,11-12,17H2,1-3H3. The number of hydrogen-bond acceptors (Lipinski definition) is 3. The molecule has 1 fully saturated rings. The zero-order chi connectivity index (χ0) is 14.5. The molecule has 4 heteroatoms. The molecule has 2 atom stereocenters. The Bertz CT molecular complexity index is 397. The van der Waals surface area contributed by atoms with Crippen molar-refractivity contribution in [3.05, 3.63) is 18.0 Å². The van der Waals surface area contributed by atoms with Crippen LogP contribution in [0.15, 0.2) is 12.3 Å². The van der Waals surface area contributed by atoms with E-state index in [0.29, 0.717) is 18.1 Å². The summed E-state index contributed by atoms with van der Waals surface area (Å²) in [6, 6.07) is 3.85. The van der Waals surface area contributed by atoms with Crippen molar-refractivity contribution in [3.8, 4) is 0 Å². The van der Waals surface area contributed by atoms with E-state index in [-0.39, 0.29) is 0 Å². The van der Waals surface area contributed by atoms with Gasteiger partial charge in [0.25, 0.3) is 0 Å². The molecule has 20 heavy (non-hydrogen) atoms. The Balaban J connectivity index is 2.04. The first-order valence-corrected chi connectivity index (χ1v) is 8.19. The molecule has 2 rings (SSSR count). The zero-order valence-corrected chi connectivity index (χ0v) is 13.3. The predicted molar refractivity (Wildman–Crippen MR) is 83.5 cm³/mol. The minimum Gasteiger partial charge on any atom is -0.329 e. The molecule has 1 aliphatic heterocycles. The predicted octanol–water partition coefficient (Wildman–Crippen LogP) is 2.95. The lowest BCUT2D eigenvalue weighted by Gasteiger charge is -2.39. The second-order valence-corrected chi connectivity index (χ2v) is 6.10. The maximum Gasteiger partial charge on any atom is 0.0765 e.